The molecule has 0 aliphatic carbocycles. The molecule has 5 atom stereocenters. The van der Waals surface area contributed by atoms with E-state index < -0.39 is 11.9 Å². The molecule has 0 aromatic carbocycles. The molecular formula is C19H36N2O7. The van der Waals surface area contributed by atoms with Gasteiger partial charge in [-0.05, 0) is 20.8 Å². The Kier molecular flexibility index (Phi) is 8.47. The molecule has 0 spiro atoms. The van der Waals surface area contributed by atoms with Gasteiger partial charge in [0.2, 0.25) is 0 Å². The van der Waals surface area contributed by atoms with Crippen LogP contribution < -0.4 is 0 Å². The van der Waals surface area contributed by atoms with Gasteiger partial charge in [-0.15, -0.1) is 0 Å². The van der Waals surface area contributed by atoms with Crippen molar-refractivity contribution in [3.8, 4) is 0 Å². The summed E-state index contributed by atoms with van der Waals surface area (Å²) in [6.07, 6.45) is -2.00. The van der Waals surface area contributed by atoms with Crippen molar-refractivity contribution in [2.75, 3.05) is 61.2 Å². The third-order valence-electron chi connectivity index (χ3n) is 5.10. The Morgan fingerprint density at radius 1 is 0.893 bits per heavy atom. The summed E-state index contributed by atoms with van der Waals surface area (Å²) in [5.41, 5.74) is -0.488. The number of nitrogens with zero attached hydrogens (tertiary/aromatic N) is 2. The largest absolute Gasteiger partial charge is 0.444 e. The molecule has 2 aliphatic rings. The first-order valence-corrected chi connectivity index (χ1v) is 9.71. The monoisotopic (exact) mass is 404 g/mol. The van der Waals surface area contributed by atoms with Crippen LogP contribution in [0.4, 0.5) is 4.79 Å². The fourth-order valence-corrected chi connectivity index (χ4v) is 3.71. The van der Waals surface area contributed by atoms with Crippen molar-refractivity contribution in [1.29, 1.82) is 0 Å². The van der Waals surface area contributed by atoms with Crippen molar-refractivity contribution in [2.45, 2.75) is 57.1 Å². The van der Waals surface area contributed by atoms with Crippen molar-refractivity contribution in [3.63, 3.8) is 0 Å². The smallest absolute Gasteiger partial charge is 0.410 e. The maximum absolute atomic E-state index is 12.2. The molecule has 2 aliphatic heterocycles. The number of hydrogen-bond donors (Lipinski definition) is 0. The molecule has 5 unspecified atom stereocenters. The first-order chi connectivity index (χ1) is 13.2. The fourth-order valence-electron chi connectivity index (χ4n) is 3.71. The van der Waals surface area contributed by atoms with Crippen molar-refractivity contribution >= 4 is 6.09 Å². The van der Waals surface area contributed by atoms with Gasteiger partial charge in [0.1, 0.15) is 30.0 Å². The minimum atomic E-state index is -0.533. The van der Waals surface area contributed by atoms with E-state index in [0.717, 1.165) is 13.1 Å². The van der Waals surface area contributed by atoms with E-state index in [0.29, 0.717) is 19.6 Å². The maximum atomic E-state index is 12.2. The Bertz CT molecular complexity index is 491. The second-order valence-electron chi connectivity index (χ2n) is 8.15. The first-order valence-electron chi connectivity index (χ1n) is 9.71. The van der Waals surface area contributed by atoms with Crippen molar-refractivity contribution in [1.82, 2.24) is 9.80 Å². The van der Waals surface area contributed by atoms with Crippen LogP contribution in [-0.2, 0) is 28.4 Å². The van der Waals surface area contributed by atoms with E-state index in [9.17, 15) is 4.79 Å². The molecule has 0 N–H and O–H groups in total. The topological polar surface area (TPSA) is 78.9 Å². The lowest BCUT2D eigenvalue weighted by molar-refractivity contribution is -0.304. The van der Waals surface area contributed by atoms with E-state index in [1.807, 2.05) is 20.8 Å². The van der Waals surface area contributed by atoms with Crippen molar-refractivity contribution < 1.29 is 33.2 Å². The molecule has 9 heteroatoms. The average Bonchev–Trinajstić information content (AvgIpc) is 2.65. The summed E-state index contributed by atoms with van der Waals surface area (Å²) in [6.45, 7) is 8.96. The zero-order valence-electron chi connectivity index (χ0n) is 18.2. The SMILES string of the molecule is COC1OC(CN2CCN(C(=O)OC(C)(C)C)CC2)C(OC)C(OC)C1OC. The highest BCUT2D eigenvalue weighted by Crippen LogP contribution is 2.28. The molecule has 2 saturated heterocycles. The highest BCUT2D eigenvalue weighted by Gasteiger charge is 2.47. The van der Waals surface area contributed by atoms with Crippen LogP contribution in [0, 0.1) is 0 Å². The quantitative estimate of drug-likeness (QED) is 0.648. The lowest BCUT2D eigenvalue weighted by Gasteiger charge is -2.46. The van der Waals surface area contributed by atoms with Crippen LogP contribution in [0.5, 0.6) is 0 Å². The summed E-state index contributed by atoms with van der Waals surface area (Å²) in [5.74, 6) is 0. The van der Waals surface area contributed by atoms with Gasteiger partial charge >= 0.3 is 6.09 Å². The minimum Gasteiger partial charge on any atom is -0.444 e. The van der Waals surface area contributed by atoms with Gasteiger partial charge in [-0.3, -0.25) is 4.90 Å². The highest BCUT2D eigenvalue weighted by atomic mass is 16.7. The van der Waals surface area contributed by atoms with Crippen LogP contribution in [0.15, 0.2) is 0 Å². The molecule has 1 amide bonds. The van der Waals surface area contributed by atoms with Gasteiger partial charge in [0.25, 0.3) is 0 Å². The number of carbonyl (C=O) groups excluding carboxylic acids is 1. The van der Waals surface area contributed by atoms with E-state index in [2.05, 4.69) is 4.90 Å². The van der Waals surface area contributed by atoms with Gasteiger partial charge < -0.3 is 33.3 Å². The maximum Gasteiger partial charge on any atom is 0.410 e. The summed E-state index contributed by atoms with van der Waals surface area (Å²) in [6, 6.07) is 0. The zero-order chi connectivity index (χ0) is 20.9. The van der Waals surface area contributed by atoms with Gasteiger partial charge in [0.05, 0.1) is 0 Å². The fraction of sp³-hybridized carbons (Fsp3) is 0.947. The predicted molar refractivity (Wildman–Crippen MR) is 102 cm³/mol. The summed E-state index contributed by atoms with van der Waals surface area (Å²) in [4.78, 5) is 16.2. The Morgan fingerprint density at radius 3 is 1.93 bits per heavy atom. The Labute approximate surface area is 168 Å². The number of amides is 1. The molecule has 2 fully saturated rings. The standard InChI is InChI=1S/C19H36N2O7/c1-19(2,3)28-18(22)21-10-8-20(9-11-21)12-13-14(23-4)15(24-5)16(25-6)17(26-7)27-13/h13-17H,8-12H2,1-7H3. The van der Waals surface area contributed by atoms with Gasteiger partial charge in [0, 0.05) is 61.2 Å². The normalized spacial score (nSPS) is 32.4. The number of hydrogen-bond acceptors (Lipinski definition) is 8. The number of ether oxygens (including phenoxy) is 6. The molecule has 0 aromatic rings. The number of carbonyl (C=O) groups is 1. The van der Waals surface area contributed by atoms with E-state index in [4.69, 9.17) is 28.4 Å². The number of rotatable bonds is 6. The Hall–Kier alpha value is -0.970. The molecule has 9 nitrogen and oxygen atoms in total. The average molecular weight is 405 g/mol. The number of piperazine rings is 1. The summed E-state index contributed by atoms with van der Waals surface area (Å²) in [5, 5.41) is 0. The van der Waals surface area contributed by atoms with E-state index >= 15 is 0 Å². The van der Waals surface area contributed by atoms with Gasteiger partial charge in [-0.2, -0.15) is 0 Å². The molecule has 2 rings (SSSR count). The van der Waals surface area contributed by atoms with Gasteiger partial charge in [0.15, 0.2) is 6.29 Å². The molecule has 2 heterocycles. The Balaban J connectivity index is 1.94. The molecule has 164 valence electrons. The zero-order valence-corrected chi connectivity index (χ0v) is 18.2. The lowest BCUT2D eigenvalue weighted by Crippen LogP contribution is -2.63. The molecule has 0 bridgehead atoms. The molecule has 28 heavy (non-hydrogen) atoms. The third kappa shape index (κ3) is 5.77. The van der Waals surface area contributed by atoms with Gasteiger partial charge in [-0.1, -0.05) is 0 Å². The molecule has 0 aromatic heterocycles. The lowest BCUT2D eigenvalue weighted by atomic mass is 9.97. The second-order valence-corrected chi connectivity index (χ2v) is 8.15. The minimum absolute atomic E-state index is 0.237. The van der Waals surface area contributed by atoms with E-state index in [1.54, 1.807) is 33.3 Å². The molecule has 0 radical (unpaired) electrons. The van der Waals surface area contributed by atoms with Crippen LogP contribution in [0.1, 0.15) is 20.8 Å². The first kappa shape index (κ1) is 23.3. The van der Waals surface area contributed by atoms with Crippen LogP contribution in [-0.4, -0.2) is 113 Å². The van der Waals surface area contributed by atoms with Crippen LogP contribution in [0.3, 0.4) is 0 Å². The Morgan fingerprint density at radius 2 is 1.46 bits per heavy atom. The van der Waals surface area contributed by atoms with Crippen LogP contribution in [0.25, 0.3) is 0 Å². The van der Waals surface area contributed by atoms with Crippen LogP contribution in [0.2, 0.25) is 0 Å². The third-order valence-corrected chi connectivity index (χ3v) is 5.10. The van der Waals surface area contributed by atoms with E-state index in [-0.39, 0.29) is 30.5 Å². The van der Waals surface area contributed by atoms with Crippen molar-refractivity contribution in [3.05, 3.63) is 0 Å². The van der Waals surface area contributed by atoms with E-state index in [1.165, 1.54) is 0 Å². The summed E-state index contributed by atoms with van der Waals surface area (Å²) >= 11 is 0. The van der Waals surface area contributed by atoms with Gasteiger partial charge in [-0.25, -0.2) is 4.79 Å². The molecular weight excluding hydrogens is 368 g/mol. The predicted octanol–water partition coefficient (Wildman–Crippen LogP) is 0.955. The second kappa shape index (κ2) is 10.2. The van der Waals surface area contributed by atoms with Crippen LogP contribution >= 0.6 is 0 Å². The highest BCUT2D eigenvalue weighted by molar-refractivity contribution is 5.68. The summed E-state index contributed by atoms with van der Waals surface area (Å²) < 4.78 is 33.9. The van der Waals surface area contributed by atoms with Crippen molar-refractivity contribution in [2.24, 2.45) is 0 Å². The number of methoxy groups -OCH3 is 4. The molecule has 0 saturated carbocycles. The summed E-state index contributed by atoms with van der Waals surface area (Å²) in [7, 11) is 6.48.